The number of aromatic nitrogens is 1. The van der Waals surface area contributed by atoms with Gasteiger partial charge in [-0.05, 0) is 13.0 Å². The Morgan fingerprint density at radius 2 is 2.46 bits per heavy atom. The molecule has 1 atom stereocenters. The quantitative estimate of drug-likeness (QED) is 0.732. The van der Waals surface area contributed by atoms with Crippen molar-refractivity contribution >= 4 is 23.1 Å². The summed E-state index contributed by atoms with van der Waals surface area (Å²) in [5.74, 6) is 0.636. The molecule has 0 radical (unpaired) electrons. The van der Waals surface area contributed by atoms with Crippen molar-refractivity contribution in [3.63, 3.8) is 0 Å². The summed E-state index contributed by atoms with van der Waals surface area (Å²) in [7, 11) is 0. The van der Waals surface area contributed by atoms with E-state index < -0.39 is 0 Å². The lowest BCUT2D eigenvalue weighted by atomic mass is 10.3. The average molecular weight is 198 g/mol. The summed E-state index contributed by atoms with van der Waals surface area (Å²) in [5.41, 5.74) is 6.22. The van der Waals surface area contributed by atoms with Crippen LogP contribution in [-0.4, -0.2) is 11.0 Å². The number of nitrogens with one attached hydrogen (secondary N) is 1. The van der Waals surface area contributed by atoms with E-state index in [4.69, 9.17) is 17.3 Å². The second kappa shape index (κ2) is 4.14. The highest BCUT2D eigenvalue weighted by atomic mass is 35.5. The largest absolute Gasteiger partial charge is 0.396 e. The maximum atomic E-state index is 5.70. The van der Waals surface area contributed by atoms with Gasteiger partial charge >= 0.3 is 0 Å². The van der Waals surface area contributed by atoms with E-state index in [1.165, 1.54) is 0 Å². The predicted octanol–water partition coefficient (Wildman–Crippen LogP) is 2.30. The number of anilines is 2. The molecule has 13 heavy (non-hydrogen) atoms. The summed E-state index contributed by atoms with van der Waals surface area (Å²) in [6.07, 6.45) is 3.33. The Kier molecular flexibility index (Phi) is 3.14. The Morgan fingerprint density at radius 3 is 3.00 bits per heavy atom. The zero-order chi connectivity index (χ0) is 9.84. The molecule has 0 amide bonds. The fourth-order valence-electron chi connectivity index (χ4n) is 0.850. The normalized spacial score (nSPS) is 12.2. The number of nitrogen functional groups attached to an aromatic ring is 1. The fraction of sp³-hybridized carbons (Fsp3) is 0.222. The molecule has 0 aliphatic heterocycles. The van der Waals surface area contributed by atoms with Gasteiger partial charge in [-0.2, -0.15) is 0 Å². The molecule has 0 bridgehead atoms. The van der Waals surface area contributed by atoms with Crippen molar-refractivity contribution in [2.45, 2.75) is 13.0 Å². The Bertz CT molecular complexity index is 312. The van der Waals surface area contributed by atoms with Crippen LogP contribution < -0.4 is 11.1 Å². The van der Waals surface area contributed by atoms with Gasteiger partial charge in [-0.3, -0.25) is 0 Å². The van der Waals surface area contributed by atoms with Crippen molar-refractivity contribution in [3.8, 4) is 0 Å². The lowest BCUT2D eigenvalue weighted by Gasteiger charge is -2.11. The van der Waals surface area contributed by atoms with Crippen LogP contribution in [0.4, 0.5) is 11.5 Å². The van der Waals surface area contributed by atoms with Crippen LogP contribution in [0.3, 0.4) is 0 Å². The average Bonchev–Trinajstić information content (AvgIpc) is 2.09. The van der Waals surface area contributed by atoms with E-state index in [1.807, 2.05) is 6.92 Å². The summed E-state index contributed by atoms with van der Waals surface area (Å²) in [6, 6.07) is 1.79. The second-order valence-electron chi connectivity index (χ2n) is 2.76. The molecule has 1 rings (SSSR count). The van der Waals surface area contributed by atoms with Crippen LogP contribution in [0.1, 0.15) is 6.92 Å². The SMILES string of the molecule is C=CC(C)Nc1ncc(Cl)cc1N. The molecule has 4 heteroatoms. The number of nitrogens with zero attached hydrogens (tertiary/aromatic N) is 1. The minimum Gasteiger partial charge on any atom is -0.396 e. The molecule has 1 aromatic heterocycles. The first-order chi connectivity index (χ1) is 6.13. The maximum Gasteiger partial charge on any atom is 0.149 e. The highest BCUT2D eigenvalue weighted by Crippen LogP contribution is 2.19. The number of rotatable bonds is 3. The van der Waals surface area contributed by atoms with Crippen molar-refractivity contribution in [1.29, 1.82) is 0 Å². The fourth-order valence-corrected chi connectivity index (χ4v) is 1.02. The lowest BCUT2D eigenvalue weighted by molar-refractivity contribution is 0.985. The molecular weight excluding hydrogens is 186 g/mol. The van der Waals surface area contributed by atoms with Gasteiger partial charge in [0.2, 0.25) is 0 Å². The van der Waals surface area contributed by atoms with Gasteiger partial charge in [0, 0.05) is 12.2 Å². The standard InChI is InChI=1S/C9H12ClN3/c1-3-6(2)13-9-8(11)4-7(10)5-12-9/h3-6H,1,11H2,2H3,(H,12,13). The van der Waals surface area contributed by atoms with Gasteiger partial charge in [0.1, 0.15) is 5.82 Å². The van der Waals surface area contributed by atoms with E-state index in [0.717, 1.165) is 0 Å². The lowest BCUT2D eigenvalue weighted by Crippen LogP contribution is -2.13. The molecule has 1 aromatic rings. The first-order valence-corrected chi connectivity index (χ1v) is 4.31. The van der Waals surface area contributed by atoms with Gasteiger partial charge in [0.05, 0.1) is 10.7 Å². The molecular formula is C9H12ClN3. The van der Waals surface area contributed by atoms with Crippen LogP contribution >= 0.6 is 11.6 Å². The number of halogens is 1. The van der Waals surface area contributed by atoms with E-state index in [1.54, 1.807) is 18.3 Å². The van der Waals surface area contributed by atoms with Crippen LogP contribution in [0, 0.1) is 0 Å². The maximum absolute atomic E-state index is 5.70. The summed E-state index contributed by atoms with van der Waals surface area (Å²) in [6.45, 7) is 5.61. The molecule has 0 saturated heterocycles. The van der Waals surface area contributed by atoms with Crippen molar-refractivity contribution < 1.29 is 0 Å². The topological polar surface area (TPSA) is 50.9 Å². The van der Waals surface area contributed by atoms with Crippen LogP contribution in [0.15, 0.2) is 24.9 Å². The zero-order valence-corrected chi connectivity index (χ0v) is 8.17. The van der Waals surface area contributed by atoms with E-state index >= 15 is 0 Å². The molecule has 1 unspecified atom stereocenters. The first-order valence-electron chi connectivity index (χ1n) is 3.93. The van der Waals surface area contributed by atoms with Gasteiger partial charge in [-0.25, -0.2) is 4.98 Å². The molecule has 0 spiro atoms. The monoisotopic (exact) mass is 197 g/mol. The van der Waals surface area contributed by atoms with Crippen molar-refractivity contribution in [2.24, 2.45) is 0 Å². The summed E-state index contributed by atoms with van der Waals surface area (Å²) < 4.78 is 0. The van der Waals surface area contributed by atoms with Crippen LogP contribution in [-0.2, 0) is 0 Å². The van der Waals surface area contributed by atoms with Crippen LogP contribution in [0.25, 0.3) is 0 Å². The first kappa shape index (κ1) is 9.86. The molecule has 1 heterocycles. The molecule has 70 valence electrons. The Balaban J connectivity index is 2.83. The number of hydrogen-bond donors (Lipinski definition) is 2. The van der Waals surface area contributed by atoms with E-state index in [9.17, 15) is 0 Å². The third kappa shape index (κ3) is 2.63. The van der Waals surface area contributed by atoms with Gasteiger partial charge in [0.25, 0.3) is 0 Å². The van der Waals surface area contributed by atoms with Gasteiger partial charge in [-0.1, -0.05) is 17.7 Å². The molecule has 0 saturated carbocycles. The summed E-state index contributed by atoms with van der Waals surface area (Å²) in [5, 5.41) is 3.61. The van der Waals surface area contributed by atoms with E-state index in [0.29, 0.717) is 16.5 Å². The number of hydrogen-bond acceptors (Lipinski definition) is 3. The minimum absolute atomic E-state index is 0.135. The van der Waals surface area contributed by atoms with Crippen molar-refractivity contribution in [1.82, 2.24) is 4.98 Å². The Morgan fingerprint density at radius 1 is 1.77 bits per heavy atom. The van der Waals surface area contributed by atoms with Crippen LogP contribution in [0.5, 0.6) is 0 Å². The Labute approximate surface area is 82.6 Å². The number of pyridine rings is 1. The molecule has 0 fully saturated rings. The third-order valence-corrected chi connectivity index (χ3v) is 1.81. The van der Waals surface area contributed by atoms with E-state index in [2.05, 4.69) is 16.9 Å². The smallest absolute Gasteiger partial charge is 0.149 e. The Hall–Kier alpha value is -1.22. The van der Waals surface area contributed by atoms with E-state index in [-0.39, 0.29) is 6.04 Å². The van der Waals surface area contributed by atoms with Crippen molar-refractivity contribution in [3.05, 3.63) is 29.9 Å². The number of nitrogens with two attached hydrogens (primary N) is 1. The molecule has 0 aromatic carbocycles. The molecule has 3 N–H and O–H groups in total. The molecule has 0 aliphatic rings. The second-order valence-corrected chi connectivity index (χ2v) is 3.20. The summed E-state index contributed by atoms with van der Waals surface area (Å²) in [4.78, 5) is 4.05. The highest BCUT2D eigenvalue weighted by Gasteiger charge is 2.02. The molecule has 3 nitrogen and oxygen atoms in total. The zero-order valence-electron chi connectivity index (χ0n) is 7.42. The van der Waals surface area contributed by atoms with Crippen molar-refractivity contribution in [2.75, 3.05) is 11.1 Å². The minimum atomic E-state index is 0.135. The van der Waals surface area contributed by atoms with Crippen LogP contribution in [0.2, 0.25) is 5.02 Å². The third-order valence-electron chi connectivity index (χ3n) is 1.60. The highest BCUT2D eigenvalue weighted by molar-refractivity contribution is 6.30. The predicted molar refractivity (Wildman–Crippen MR) is 56.9 cm³/mol. The molecule has 0 aliphatic carbocycles. The van der Waals surface area contributed by atoms with Gasteiger partial charge in [-0.15, -0.1) is 6.58 Å². The van der Waals surface area contributed by atoms with Gasteiger partial charge in [0.15, 0.2) is 0 Å². The summed E-state index contributed by atoms with van der Waals surface area (Å²) >= 11 is 5.70. The van der Waals surface area contributed by atoms with Gasteiger partial charge < -0.3 is 11.1 Å².